The van der Waals surface area contributed by atoms with E-state index >= 15 is 0 Å². The van der Waals surface area contributed by atoms with Gasteiger partial charge in [0.2, 0.25) is 11.8 Å². The maximum atomic E-state index is 13.4. The molecule has 3 atom stereocenters. The zero-order valence-corrected chi connectivity index (χ0v) is 18.7. The highest BCUT2D eigenvalue weighted by Gasteiger charge is 2.40. The van der Waals surface area contributed by atoms with Gasteiger partial charge in [0.25, 0.3) is 0 Å². The summed E-state index contributed by atoms with van der Waals surface area (Å²) in [5.74, 6) is 0.0718. The number of likely N-dealkylation sites (tertiary alicyclic amines) is 1. The van der Waals surface area contributed by atoms with Crippen molar-refractivity contribution < 1.29 is 14.3 Å². The molecule has 0 bridgehead atoms. The van der Waals surface area contributed by atoms with Crippen molar-refractivity contribution in [2.45, 2.75) is 76.3 Å². The van der Waals surface area contributed by atoms with E-state index < -0.39 is 5.54 Å². The summed E-state index contributed by atoms with van der Waals surface area (Å²) in [6, 6.07) is 2.65. The van der Waals surface area contributed by atoms with E-state index in [9.17, 15) is 14.9 Å². The number of nitrogens with one attached hydrogen (secondary N) is 1. The molecule has 2 amide bonds. The number of nitrogens with zero attached hydrogens (tertiary/aromatic N) is 3. The van der Waals surface area contributed by atoms with Crippen LogP contribution in [0.1, 0.15) is 64.7 Å². The van der Waals surface area contributed by atoms with Crippen LogP contribution in [0, 0.1) is 23.2 Å². The van der Waals surface area contributed by atoms with Crippen LogP contribution in [0.3, 0.4) is 0 Å². The monoisotopic (exact) mass is 418 g/mol. The van der Waals surface area contributed by atoms with E-state index in [0.29, 0.717) is 45.1 Å². The topological polar surface area (TPSA) is 85.7 Å². The highest BCUT2D eigenvalue weighted by Crippen LogP contribution is 2.32. The molecule has 3 rings (SSSR count). The van der Waals surface area contributed by atoms with Crippen LogP contribution < -0.4 is 5.32 Å². The third-order valence-electron chi connectivity index (χ3n) is 7.36. The first-order valence-electron chi connectivity index (χ1n) is 11.7. The van der Waals surface area contributed by atoms with E-state index in [1.54, 1.807) is 0 Å². The molecule has 2 saturated heterocycles. The van der Waals surface area contributed by atoms with Gasteiger partial charge in [0.1, 0.15) is 5.54 Å². The number of ether oxygens (including phenoxy) is 1. The van der Waals surface area contributed by atoms with Crippen LogP contribution in [0.4, 0.5) is 0 Å². The fourth-order valence-corrected chi connectivity index (χ4v) is 5.19. The minimum Gasteiger partial charge on any atom is -0.378 e. The SMILES string of the molecule is CC1CC(C#N)(NC(=O)[C@@H](CC(=O)N2CCOCC2)CC2CCCCC2)CCN1C. The highest BCUT2D eigenvalue weighted by atomic mass is 16.5. The van der Waals surface area contributed by atoms with Crippen LogP contribution in [0.15, 0.2) is 0 Å². The predicted molar refractivity (Wildman–Crippen MR) is 115 cm³/mol. The van der Waals surface area contributed by atoms with E-state index in [1.165, 1.54) is 19.3 Å². The fourth-order valence-electron chi connectivity index (χ4n) is 5.19. The lowest BCUT2D eigenvalue weighted by Crippen LogP contribution is -2.57. The Morgan fingerprint density at radius 2 is 1.90 bits per heavy atom. The quantitative estimate of drug-likeness (QED) is 0.715. The van der Waals surface area contributed by atoms with E-state index in [4.69, 9.17) is 4.74 Å². The Morgan fingerprint density at radius 3 is 2.53 bits per heavy atom. The lowest BCUT2D eigenvalue weighted by Gasteiger charge is -2.41. The number of amides is 2. The highest BCUT2D eigenvalue weighted by molar-refractivity contribution is 5.86. The molecule has 3 aliphatic rings. The number of carbonyl (C=O) groups is 2. The smallest absolute Gasteiger partial charge is 0.224 e. The van der Waals surface area contributed by atoms with Gasteiger partial charge >= 0.3 is 0 Å². The van der Waals surface area contributed by atoms with Gasteiger partial charge in [0.15, 0.2) is 0 Å². The van der Waals surface area contributed by atoms with Crippen molar-refractivity contribution in [2.75, 3.05) is 39.9 Å². The Morgan fingerprint density at radius 1 is 1.20 bits per heavy atom. The van der Waals surface area contributed by atoms with Crippen molar-refractivity contribution in [3.63, 3.8) is 0 Å². The summed E-state index contributed by atoms with van der Waals surface area (Å²) < 4.78 is 5.36. The van der Waals surface area contributed by atoms with Crippen LogP contribution in [-0.4, -0.2) is 73.1 Å². The standard InChI is InChI=1S/C23H38N4O3/c1-18-16-23(17-24,8-9-26(18)2)25-22(29)20(14-19-6-4-3-5-7-19)15-21(28)27-10-12-30-13-11-27/h18-20H,3-16H2,1-2H3,(H,25,29)/t18?,20-,23?/m1/s1. The lowest BCUT2D eigenvalue weighted by atomic mass is 9.80. The number of hydrogen-bond acceptors (Lipinski definition) is 5. The van der Waals surface area contributed by atoms with Crippen LogP contribution in [0.2, 0.25) is 0 Å². The molecule has 168 valence electrons. The first-order chi connectivity index (χ1) is 14.4. The van der Waals surface area contributed by atoms with Crippen molar-refractivity contribution in [1.29, 1.82) is 5.26 Å². The van der Waals surface area contributed by atoms with E-state index in [2.05, 4.69) is 30.3 Å². The molecule has 0 spiro atoms. The minimum atomic E-state index is -0.824. The van der Waals surface area contributed by atoms with Crippen molar-refractivity contribution in [3.05, 3.63) is 0 Å². The van der Waals surface area contributed by atoms with E-state index in [-0.39, 0.29) is 30.2 Å². The molecule has 2 aliphatic heterocycles. The van der Waals surface area contributed by atoms with E-state index in [0.717, 1.165) is 25.8 Å². The summed E-state index contributed by atoms with van der Waals surface area (Å²) in [6.45, 7) is 5.21. The first-order valence-corrected chi connectivity index (χ1v) is 11.7. The summed E-state index contributed by atoms with van der Waals surface area (Å²) in [6.07, 6.45) is 8.20. The summed E-state index contributed by atoms with van der Waals surface area (Å²) >= 11 is 0. The average Bonchev–Trinajstić information content (AvgIpc) is 2.77. The average molecular weight is 419 g/mol. The van der Waals surface area contributed by atoms with Crippen molar-refractivity contribution >= 4 is 11.8 Å². The number of carbonyl (C=O) groups excluding carboxylic acids is 2. The van der Waals surface area contributed by atoms with Crippen LogP contribution in [-0.2, 0) is 14.3 Å². The van der Waals surface area contributed by atoms with Gasteiger partial charge < -0.3 is 19.9 Å². The number of rotatable bonds is 6. The van der Waals surface area contributed by atoms with Crippen LogP contribution >= 0.6 is 0 Å². The first kappa shape index (κ1) is 23.0. The van der Waals surface area contributed by atoms with Gasteiger partial charge in [-0.1, -0.05) is 32.1 Å². The zero-order valence-electron chi connectivity index (χ0n) is 18.7. The normalized spacial score (nSPS) is 29.8. The fraction of sp³-hybridized carbons (Fsp3) is 0.870. The summed E-state index contributed by atoms with van der Waals surface area (Å²) in [5, 5.41) is 13.0. The molecule has 1 N–H and O–H groups in total. The third-order valence-corrected chi connectivity index (χ3v) is 7.36. The third kappa shape index (κ3) is 5.95. The molecular weight excluding hydrogens is 380 g/mol. The number of nitriles is 1. The second-order valence-electron chi connectivity index (χ2n) is 9.60. The maximum Gasteiger partial charge on any atom is 0.224 e. The van der Waals surface area contributed by atoms with Gasteiger partial charge in [-0.05, 0) is 39.2 Å². The predicted octanol–water partition coefficient (Wildman–Crippen LogP) is 2.31. The summed E-state index contributed by atoms with van der Waals surface area (Å²) in [4.78, 5) is 30.3. The lowest BCUT2D eigenvalue weighted by molar-refractivity contribution is -0.140. The molecule has 0 aromatic heterocycles. The summed E-state index contributed by atoms with van der Waals surface area (Å²) in [7, 11) is 2.06. The van der Waals surface area contributed by atoms with Gasteiger partial charge in [0.05, 0.1) is 19.3 Å². The Kier molecular flexibility index (Phi) is 8.13. The number of piperidine rings is 1. The molecule has 7 heteroatoms. The van der Waals surface area contributed by atoms with Crippen molar-refractivity contribution in [1.82, 2.24) is 15.1 Å². The Balaban J connectivity index is 1.68. The molecule has 7 nitrogen and oxygen atoms in total. The maximum absolute atomic E-state index is 13.4. The largest absolute Gasteiger partial charge is 0.378 e. The van der Waals surface area contributed by atoms with Gasteiger partial charge in [-0.3, -0.25) is 9.59 Å². The number of morpholine rings is 1. The van der Waals surface area contributed by atoms with Crippen molar-refractivity contribution in [3.8, 4) is 6.07 Å². The second-order valence-corrected chi connectivity index (χ2v) is 9.60. The molecular formula is C23H38N4O3. The zero-order chi connectivity index (χ0) is 21.6. The Bertz CT molecular complexity index is 637. The molecule has 0 radical (unpaired) electrons. The van der Waals surface area contributed by atoms with Crippen LogP contribution in [0.25, 0.3) is 0 Å². The van der Waals surface area contributed by atoms with Gasteiger partial charge in [-0.2, -0.15) is 5.26 Å². The van der Waals surface area contributed by atoms with Crippen LogP contribution in [0.5, 0.6) is 0 Å². The molecule has 1 aliphatic carbocycles. The molecule has 0 aromatic carbocycles. The summed E-state index contributed by atoms with van der Waals surface area (Å²) in [5.41, 5.74) is -0.824. The van der Waals surface area contributed by atoms with Gasteiger partial charge in [-0.15, -0.1) is 0 Å². The Hall–Kier alpha value is -1.65. The van der Waals surface area contributed by atoms with Crippen molar-refractivity contribution in [2.24, 2.45) is 11.8 Å². The minimum absolute atomic E-state index is 0.0389. The van der Waals surface area contributed by atoms with Gasteiger partial charge in [0, 0.05) is 38.0 Å². The molecule has 30 heavy (non-hydrogen) atoms. The Labute approximate surface area is 181 Å². The van der Waals surface area contributed by atoms with Gasteiger partial charge in [-0.25, -0.2) is 0 Å². The second kappa shape index (κ2) is 10.6. The molecule has 2 heterocycles. The molecule has 3 fully saturated rings. The molecule has 0 aromatic rings. The van der Waals surface area contributed by atoms with E-state index in [1.807, 2.05) is 4.90 Å². The molecule has 1 saturated carbocycles. The molecule has 2 unspecified atom stereocenters. The number of hydrogen-bond donors (Lipinski definition) is 1.